The van der Waals surface area contributed by atoms with Crippen LogP contribution in [-0.4, -0.2) is 39.2 Å². The number of carbonyl (C=O) groups is 2. The van der Waals surface area contributed by atoms with Crippen LogP contribution in [0.3, 0.4) is 0 Å². The molecule has 1 aromatic heterocycles. The quantitative estimate of drug-likeness (QED) is 0.771. The Hall–Kier alpha value is -2.82. The first-order chi connectivity index (χ1) is 12.8. The van der Waals surface area contributed by atoms with Crippen LogP contribution < -0.4 is 4.90 Å². The number of carbonyl (C=O) groups excluding carboxylic acids is 2. The van der Waals surface area contributed by atoms with E-state index in [0.29, 0.717) is 28.6 Å². The van der Waals surface area contributed by atoms with Crippen LogP contribution in [0, 0.1) is 23.2 Å². The highest BCUT2D eigenvalue weighted by molar-refractivity contribution is 6.26. The average Bonchev–Trinajstić information content (AvgIpc) is 3.15. The lowest BCUT2D eigenvalue weighted by molar-refractivity contribution is -0.132. The Balaban J connectivity index is 1.69. The lowest BCUT2D eigenvalue weighted by atomic mass is 9.67. The van der Waals surface area contributed by atoms with E-state index < -0.39 is 29.1 Å². The van der Waals surface area contributed by atoms with Gasteiger partial charge in [-0.05, 0) is 38.1 Å². The lowest BCUT2D eigenvalue weighted by Crippen LogP contribution is -2.49. The van der Waals surface area contributed by atoms with E-state index in [2.05, 4.69) is 11.1 Å². The number of pyridine rings is 1. The minimum absolute atomic E-state index is 0.321. The number of nitrogens with zero attached hydrogens (tertiary/aromatic N) is 3. The van der Waals surface area contributed by atoms with Gasteiger partial charge >= 0.3 is 0 Å². The fourth-order valence-electron chi connectivity index (χ4n) is 5.20. The number of aliphatic hydroxyl groups excluding tert-OH is 1. The number of rotatable bonds is 1. The summed E-state index contributed by atoms with van der Waals surface area (Å²) in [6, 6.07) is 8.73. The Morgan fingerprint density at radius 1 is 1.26 bits per heavy atom. The van der Waals surface area contributed by atoms with Crippen molar-refractivity contribution in [1.82, 2.24) is 4.98 Å². The Bertz CT molecular complexity index is 1080. The van der Waals surface area contributed by atoms with Crippen LogP contribution in [0.25, 0.3) is 10.9 Å². The number of hydrogen-bond donors (Lipinski definition) is 1. The molecule has 0 aliphatic carbocycles. The highest BCUT2D eigenvalue weighted by Gasteiger charge is 2.75. The first-order valence-corrected chi connectivity index (χ1v) is 8.86. The van der Waals surface area contributed by atoms with Crippen molar-refractivity contribution in [2.45, 2.75) is 37.6 Å². The fraction of sp³-hybridized carbons (Fsp3) is 0.400. The SMILES string of the molecule is CC12C[C@H](O)C(C)(O1)[C@@H]1C(=O)N(c3ccc(C#N)c4ncccc34)C(=O)[C@@H]12. The van der Waals surface area contributed by atoms with E-state index in [1.807, 2.05) is 0 Å². The van der Waals surface area contributed by atoms with Crippen LogP contribution in [0.1, 0.15) is 25.8 Å². The van der Waals surface area contributed by atoms with Crippen molar-refractivity contribution in [1.29, 1.82) is 5.26 Å². The van der Waals surface area contributed by atoms with E-state index in [9.17, 15) is 20.0 Å². The third-order valence-electron chi connectivity index (χ3n) is 6.40. The Morgan fingerprint density at radius 2 is 2.00 bits per heavy atom. The second kappa shape index (κ2) is 4.91. The van der Waals surface area contributed by atoms with Crippen molar-refractivity contribution in [2.24, 2.45) is 11.8 Å². The molecular weight excluding hydrogens is 346 g/mol. The number of nitriles is 1. The predicted octanol–water partition coefficient (Wildman–Crippen LogP) is 1.52. The number of ether oxygens (including phenoxy) is 1. The number of fused-ring (bicyclic) bond motifs is 6. The fourth-order valence-corrected chi connectivity index (χ4v) is 5.20. The van der Waals surface area contributed by atoms with Gasteiger partial charge in [-0.2, -0.15) is 5.26 Å². The summed E-state index contributed by atoms with van der Waals surface area (Å²) in [6.07, 6.45) is 1.11. The molecule has 0 radical (unpaired) electrons. The van der Waals surface area contributed by atoms with Crippen molar-refractivity contribution in [3.8, 4) is 6.07 Å². The van der Waals surface area contributed by atoms with Crippen molar-refractivity contribution in [3.05, 3.63) is 36.0 Å². The number of amides is 2. The molecule has 3 aliphatic heterocycles. The maximum absolute atomic E-state index is 13.3. The summed E-state index contributed by atoms with van der Waals surface area (Å²) in [5, 5.41) is 20.3. The second-order valence-corrected chi connectivity index (χ2v) is 7.93. The summed E-state index contributed by atoms with van der Waals surface area (Å²) < 4.78 is 6.00. The van der Waals surface area contributed by atoms with E-state index in [1.165, 1.54) is 4.90 Å². The van der Waals surface area contributed by atoms with Gasteiger partial charge in [0.05, 0.1) is 40.3 Å². The molecule has 7 nitrogen and oxygen atoms in total. The molecule has 5 atom stereocenters. The van der Waals surface area contributed by atoms with Crippen LogP contribution in [0.2, 0.25) is 0 Å². The van der Waals surface area contributed by atoms with Crippen LogP contribution in [0.15, 0.2) is 30.5 Å². The van der Waals surface area contributed by atoms with Crippen LogP contribution in [0.4, 0.5) is 5.69 Å². The molecule has 2 bridgehead atoms. The summed E-state index contributed by atoms with van der Waals surface area (Å²) in [6.45, 7) is 3.50. The Labute approximate surface area is 155 Å². The monoisotopic (exact) mass is 363 g/mol. The third-order valence-corrected chi connectivity index (χ3v) is 6.40. The smallest absolute Gasteiger partial charge is 0.240 e. The summed E-state index contributed by atoms with van der Waals surface area (Å²) >= 11 is 0. The number of aliphatic hydroxyl groups is 1. The van der Waals surface area contributed by atoms with E-state index >= 15 is 0 Å². The average molecular weight is 363 g/mol. The van der Waals surface area contributed by atoms with Crippen molar-refractivity contribution in [2.75, 3.05) is 4.90 Å². The summed E-state index contributed by atoms with van der Waals surface area (Å²) in [5.41, 5.74) is -0.677. The van der Waals surface area contributed by atoms with Gasteiger partial charge in [-0.15, -0.1) is 0 Å². The van der Waals surface area contributed by atoms with Gasteiger partial charge < -0.3 is 9.84 Å². The van der Waals surface area contributed by atoms with E-state index in [0.717, 1.165) is 0 Å². The van der Waals surface area contributed by atoms with Gasteiger partial charge in [0.15, 0.2) is 0 Å². The van der Waals surface area contributed by atoms with E-state index in [1.54, 1.807) is 44.3 Å². The first kappa shape index (κ1) is 16.4. The van der Waals surface area contributed by atoms with Gasteiger partial charge in [-0.3, -0.25) is 14.6 Å². The molecule has 1 N–H and O–H groups in total. The van der Waals surface area contributed by atoms with Crippen molar-refractivity contribution in [3.63, 3.8) is 0 Å². The normalized spacial score (nSPS) is 37.1. The lowest BCUT2D eigenvalue weighted by Gasteiger charge is -2.31. The van der Waals surface area contributed by atoms with E-state index in [-0.39, 0.29) is 11.8 Å². The van der Waals surface area contributed by atoms with Crippen LogP contribution in [0.5, 0.6) is 0 Å². The number of hydrogen-bond acceptors (Lipinski definition) is 6. The van der Waals surface area contributed by atoms with Crippen LogP contribution >= 0.6 is 0 Å². The number of benzene rings is 1. The van der Waals surface area contributed by atoms with Crippen molar-refractivity contribution < 1.29 is 19.4 Å². The molecule has 2 amide bonds. The Kier molecular flexibility index (Phi) is 2.98. The molecule has 0 saturated carbocycles. The number of aromatic nitrogens is 1. The minimum atomic E-state index is -1.07. The van der Waals surface area contributed by atoms with Crippen molar-refractivity contribution >= 4 is 28.4 Å². The predicted molar refractivity (Wildman–Crippen MR) is 94.4 cm³/mol. The van der Waals surface area contributed by atoms with E-state index in [4.69, 9.17) is 4.74 Å². The first-order valence-electron chi connectivity index (χ1n) is 8.86. The summed E-state index contributed by atoms with van der Waals surface area (Å²) in [7, 11) is 0. The van der Waals surface area contributed by atoms with Gasteiger partial charge in [0.1, 0.15) is 11.7 Å². The molecule has 136 valence electrons. The van der Waals surface area contributed by atoms with Gasteiger partial charge in [0.2, 0.25) is 11.8 Å². The highest BCUT2D eigenvalue weighted by Crippen LogP contribution is 2.61. The van der Waals surface area contributed by atoms with Gasteiger partial charge in [0, 0.05) is 18.0 Å². The molecule has 3 saturated heterocycles. The zero-order valence-corrected chi connectivity index (χ0v) is 14.8. The second-order valence-electron chi connectivity index (χ2n) is 7.93. The van der Waals surface area contributed by atoms with Gasteiger partial charge in [-0.25, -0.2) is 4.90 Å². The molecule has 3 aliphatic rings. The van der Waals surface area contributed by atoms with Gasteiger partial charge in [0.25, 0.3) is 0 Å². The largest absolute Gasteiger partial charge is 0.390 e. The van der Waals surface area contributed by atoms with Gasteiger partial charge in [-0.1, -0.05) is 0 Å². The maximum Gasteiger partial charge on any atom is 0.240 e. The standard InChI is InChI=1S/C20H17N3O4/c1-19-8-13(24)20(2,27-19)15-14(19)17(25)23(18(15)26)12-6-5-10(9-21)16-11(12)4-3-7-22-16/h3-7,13-15,24H,8H2,1-2H3/t13-,14+,15-,19?,20?/m0/s1. The molecule has 5 rings (SSSR count). The molecule has 2 unspecified atom stereocenters. The number of imide groups is 1. The molecule has 1 aromatic carbocycles. The molecule has 27 heavy (non-hydrogen) atoms. The summed E-state index contributed by atoms with van der Waals surface area (Å²) in [4.78, 5) is 32.0. The summed E-state index contributed by atoms with van der Waals surface area (Å²) in [5.74, 6) is -2.04. The minimum Gasteiger partial charge on any atom is -0.390 e. The topological polar surface area (TPSA) is 104 Å². The Morgan fingerprint density at radius 3 is 2.74 bits per heavy atom. The zero-order valence-electron chi connectivity index (χ0n) is 14.8. The van der Waals surface area contributed by atoms with Crippen LogP contribution in [-0.2, 0) is 14.3 Å². The maximum atomic E-state index is 13.3. The highest BCUT2D eigenvalue weighted by atomic mass is 16.6. The number of anilines is 1. The molecule has 4 heterocycles. The zero-order chi connectivity index (χ0) is 19.1. The molecular formula is C20H17N3O4. The molecule has 2 aromatic rings. The molecule has 7 heteroatoms. The molecule has 3 fully saturated rings. The molecule has 0 spiro atoms. The third kappa shape index (κ3) is 1.79.